The first kappa shape index (κ1) is 17.3. The number of rotatable bonds is 7. The molecule has 4 nitrogen and oxygen atoms in total. The van der Waals surface area contributed by atoms with Gasteiger partial charge in [0.1, 0.15) is 0 Å². The molecular formula is C23H22N4. The monoisotopic (exact) mass is 354 g/mol. The summed E-state index contributed by atoms with van der Waals surface area (Å²) in [6, 6.07) is 20.5. The molecule has 27 heavy (non-hydrogen) atoms. The molecule has 4 aromatic rings. The highest BCUT2D eigenvalue weighted by Gasteiger charge is 2.05. The zero-order valence-corrected chi connectivity index (χ0v) is 15.2. The molecule has 2 aromatic heterocycles. The highest BCUT2D eigenvalue weighted by Crippen LogP contribution is 2.21. The molecule has 0 aliphatic carbocycles. The molecule has 0 bridgehead atoms. The number of benzene rings is 2. The van der Waals surface area contributed by atoms with Gasteiger partial charge in [-0.15, -0.1) is 0 Å². The smallest absolute Gasteiger partial charge is 0.0991 e. The van der Waals surface area contributed by atoms with Crippen molar-refractivity contribution >= 4 is 21.8 Å². The van der Waals surface area contributed by atoms with Crippen molar-refractivity contribution < 1.29 is 0 Å². The number of aromatic amines is 1. The Bertz CT molecular complexity index is 1100. The normalized spacial score (nSPS) is 11.1. The van der Waals surface area contributed by atoms with Crippen LogP contribution in [0.2, 0.25) is 0 Å². The fourth-order valence-corrected chi connectivity index (χ4v) is 3.44. The van der Waals surface area contributed by atoms with Crippen LogP contribution in [0.4, 0.5) is 0 Å². The van der Waals surface area contributed by atoms with E-state index < -0.39 is 0 Å². The zero-order valence-electron chi connectivity index (χ0n) is 15.2. The summed E-state index contributed by atoms with van der Waals surface area (Å²) in [6.45, 7) is 1.77. The van der Waals surface area contributed by atoms with Crippen molar-refractivity contribution in [3.05, 3.63) is 77.6 Å². The molecule has 0 aliphatic rings. The van der Waals surface area contributed by atoms with Crippen LogP contribution in [-0.2, 0) is 13.0 Å². The van der Waals surface area contributed by atoms with E-state index in [1.54, 1.807) is 0 Å². The molecule has 0 saturated carbocycles. The van der Waals surface area contributed by atoms with E-state index >= 15 is 0 Å². The number of unbranched alkanes of at least 4 members (excludes halogenated alkanes) is 1. The van der Waals surface area contributed by atoms with Crippen LogP contribution in [0, 0.1) is 11.3 Å². The SMILES string of the molecule is N#Cc1ccc2[nH]cc(CCCCNCc3ccc4ccccc4n3)c2c1. The second-order valence-electron chi connectivity index (χ2n) is 6.82. The molecule has 0 spiro atoms. The lowest BCUT2D eigenvalue weighted by molar-refractivity contribution is 0.618. The molecule has 0 saturated heterocycles. The van der Waals surface area contributed by atoms with Gasteiger partial charge >= 0.3 is 0 Å². The van der Waals surface area contributed by atoms with Crippen LogP contribution in [-0.4, -0.2) is 16.5 Å². The predicted molar refractivity (Wildman–Crippen MR) is 109 cm³/mol. The van der Waals surface area contributed by atoms with Crippen LogP contribution in [0.1, 0.15) is 29.7 Å². The molecule has 4 rings (SSSR count). The number of hydrogen-bond donors (Lipinski definition) is 2. The molecule has 4 heteroatoms. The summed E-state index contributed by atoms with van der Waals surface area (Å²) in [7, 11) is 0. The maximum Gasteiger partial charge on any atom is 0.0991 e. The number of aromatic nitrogens is 2. The Balaban J connectivity index is 1.25. The van der Waals surface area contributed by atoms with Gasteiger partial charge in [-0.25, -0.2) is 0 Å². The van der Waals surface area contributed by atoms with Crippen molar-refractivity contribution in [1.29, 1.82) is 5.26 Å². The van der Waals surface area contributed by atoms with Gasteiger partial charge in [-0.3, -0.25) is 4.98 Å². The van der Waals surface area contributed by atoms with Crippen LogP contribution < -0.4 is 5.32 Å². The van der Waals surface area contributed by atoms with E-state index in [1.165, 1.54) is 16.3 Å². The minimum Gasteiger partial charge on any atom is -0.361 e. The van der Waals surface area contributed by atoms with Gasteiger partial charge in [-0.2, -0.15) is 5.26 Å². The molecule has 0 amide bonds. The van der Waals surface area contributed by atoms with Crippen molar-refractivity contribution in [1.82, 2.24) is 15.3 Å². The lowest BCUT2D eigenvalue weighted by Crippen LogP contribution is -2.15. The summed E-state index contributed by atoms with van der Waals surface area (Å²) in [4.78, 5) is 7.99. The lowest BCUT2D eigenvalue weighted by atomic mass is 10.1. The molecule has 0 unspecified atom stereocenters. The molecule has 2 heterocycles. The molecule has 0 fully saturated rings. The topological polar surface area (TPSA) is 64.5 Å². The van der Waals surface area contributed by atoms with Gasteiger partial charge in [-0.05, 0) is 61.7 Å². The summed E-state index contributed by atoms with van der Waals surface area (Å²) >= 11 is 0. The van der Waals surface area contributed by atoms with Gasteiger partial charge in [0.05, 0.1) is 22.8 Å². The van der Waals surface area contributed by atoms with E-state index in [9.17, 15) is 0 Å². The van der Waals surface area contributed by atoms with E-state index in [2.05, 4.69) is 46.8 Å². The van der Waals surface area contributed by atoms with Crippen LogP contribution in [0.3, 0.4) is 0 Å². The number of H-pyrrole nitrogens is 1. The summed E-state index contributed by atoms with van der Waals surface area (Å²) in [5.74, 6) is 0. The number of nitrogens with one attached hydrogen (secondary N) is 2. The average molecular weight is 354 g/mol. The van der Waals surface area contributed by atoms with Crippen molar-refractivity contribution in [3.8, 4) is 6.07 Å². The third-order valence-corrected chi connectivity index (χ3v) is 4.91. The maximum absolute atomic E-state index is 9.08. The molecular weight excluding hydrogens is 332 g/mol. The number of nitriles is 1. The summed E-state index contributed by atoms with van der Waals surface area (Å²) in [5.41, 5.74) is 5.23. The van der Waals surface area contributed by atoms with Gasteiger partial charge < -0.3 is 10.3 Å². The van der Waals surface area contributed by atoms with Crippen LogP contribution in [0.25, 0.3) is 21.8 Å². The van der Waals surface area contributed by atoms with Crippen molar-refractivity contribution in [2.24, 2.45) is 0 Å². The lowest BCUT2D eigenvalue weighted by Gasteiger charge is -2.06. The Hall–Kier alpha value is -3.16. The molecule has 2 N–H and O–H groups in total. The van der Waals surface area contributed by atoms with Crippen molar-refractivity contribution in [2.45, 2.75) is 25.8 Å². The van der Waals surface area contributed by atoms with E-state index in [1.807, 2.05) is 30.3 Å². The number of pyridine rings is 1. The number of nitrogens with zero attached hydrogens (tertiary/aromatic N) is 2. The van der Waals surface area contributed by atoms with Crippen LogP contribution in [0.5, 0.6) is 0 Å². The van der Waals surface area contributed by atoms with Crippen LogP contribution >= 0.6 is 0 Å². The quantitative estimate of drug-likeness (QED) is 0.473. The average Bonchev–Trinajstić information content (AvgIpc) is 3.12. The molecule has 2 aromatic carbocycles. The Morgan fingerprint density at radius 1 is 1.04 bits per heavy atom. The maximum atomic E-state index is 9.08. The molecule has 0 radical (unpaired) electrons. The van der Waals surface area contributed by atoms with E-state index in [4.69, 9.17) is 10.2 Å². The van der Waals surface area contributed by atoms with Gasteiger partial charge in [0, 0.05) is 29.0 Å². The number of aryl methyl sites for hydroxylation is 1. The largest absolute Gasteiger partial charge is 0.361 e. The zero-order chi connectivity index (χ0) is 18.5. The first-order chi connectivity index (χ1) is 13.3. The Kier molecular flexibility index (Phi) is 5.13. The Morgan fingerprint density at radius 3 is 2.89 bits per heavy atom. The standard InChI is InChI=1S/C23H22N4/c24-14-17-8-11-23-21(13-17)19(15-26-23)6-3-4-12-25-16-20-10-9-18-5-1-2-7-22(18)27-20/h1-2,5,7-11,13,15,25-26H,3-4,6,12,16H2. The number of fused-ring (bicyclic) bond motifs is 2. The van der Waals surface area contributed by atoms with Crippen molar-refractivity contribution in [3.63, 3.8) is 0 Å². The van der Waals surface area contributed by atoms with Crippen LogP contribution in [0.15, 0.2) is 60.8 Å². The molecule has 0 aliphatic heterocycles. The Labute approximate surface area is 158 Å². The fourth-order valence-electron chi connectivity index (χ4n) is 3.44. The first-order valence-corrected chi connectivity index (χ1v) is 9.39. The van der Waals surface area contributed by atoms with Gasteiger partial charge in [-0.1, -0.05) is 24.3 Å². The van der Waals surface area contributed by atoms with Gasteiger partial charge in [0.2, 0.25) is 0 Å². The summed E-state index contributed by atoms with van der Waals surface area (Å²) in [6.07, 6.45) is 5.31. The Morgan fingerprint density at radius 2 is 1.96 bits per heavy atom. The molecule has 0 atom stereocenters. The van der Waals surface area contributed by atoms with E-state index in [0.717, 1.165) is 49.1 Å². The van der Waals surface area contributed by atoms with Gasteiger partial charge in [0.25, 0.3) is 0 Å². The second-order valence-corrected chi connectivity index (χ2v) is 6.82. The van der Waals surface area contributed by atoms with Gasteiger partial charge in [0.15, 0.2) is 0 Å². The highest BCUT2D eigenvalue weighted by atomic mass is 14.9. The first-order valence-electron chi connectivity index (χ1n) is 9.39. The predicted octanol–water partition coefficient (Wildman–Crippen LogP) is 4.70. The second kappa shape index (κ2) is 8.03. The number of para-hydroxylation sites is 1. The minimum absolute atomic E-state index is 0.716. The number of hydrogen-bond acceptors (Lipinski definition) is 3. The summed E-state index contributed by atoms with van der Waals surface area (Å²) < 4.78 is 0. The van der Waals surface area contributed by atoms with Crippen molar-refractivity contribution in [2.75, 3.05) is 6.54 Å². The van der Waals surface area contributed by atoms with E-state index in [-0.39, 0.29) is 0 Å². The third kappa shape index (κ3) is 3.99. The summed E-state index contributed by atoms with van der Waals surface area (Å²) in [5, 5.41) is 14.9. The van der Waals surface area contributed by atoms with E-state index in [0.29, 0.717) is 5.56 Å². The minimum atomic E-state index is 0.716. The fraction of sp³-hybridized carbons (Fsp3) is 0.217. The third-order valence-electron chi connectivity index (χ3n) is 4.91. The molecule has 134 valence electrons. The highest BCUT2D eigenvalue weighted by molar-refractivity contribution is 5.84.